The Hall–Kier alpha value is -2.39. The molecule has 0 aliphatic carbocycles. The summed E-state index contributed by atoms with van der Waals surface area (Å²) in [5, 5.41) is 13.5. The number of nitrogens with one attached hydrogen (secondary N) is 3. The van der Waals surface area contributed by atoms with E-state index in [0.29, 0.717) is 24.0 Å². The molecule has 0 aliphatic rings. The van der Waals surface area contributed by atoms with Crippen LogP contribution in [0, 0.1) is 0 Å². The van der Waals surface area contributed by atoms with Gasteiger partial charge in [-0.1, -0.05) is 0 Å². The zero-order chi connectivity index (χ0) is 17.9. The van der Waals surface area contributed by atoms with Crippen molar-refractivity contribution in [3.05, 3.63) is 24.2 Å². The van der Waals surface area contributed by atoms with E-state index in [0.717, 1.165) is 38.6 Å². The van der Waals surface area contributed by atoms with Gasteiger partial charge in [0.25, 0.3) is 0 Å². The Kier molecular flexibility index (Phi) is 7.93. The molecule has 2 aromatic rings. The molecule has 2 aromatic heterocycles. The molecule has 25 heavy (non-hydrogen) atoms. The van der Waals surface area contributed by atoms with Gasteiger partial charge in [0.1, 0.15) is 5.82 Å². The third-order valence-electron chi connectivity index (χ3n) is 3.59. The van der Waals surface area contributed by atoms with E-state index >= 15 is 0 Å². The molecule has 0 atom stereocenters. The van der Waals surface area contributed by atoms with E-state index in [-0.39, 0.29) is 0 Å². The van der Waals surface area contributed by atoms with E-state index < -0.39 is 0 Å². The Morgan fingerprint density at radius 2 is 2.28 bits per heavy atom. The quantitative estimate of drug-likeness (QED) is 0.329. The summed E-state index contributed by atoms with van der Waals surface area (Å²) < 4.78 is 10.3. The summed E-state index contributed by atoms with van der Waals surface area (Å²) in [4.78, 5) is 10.8. The number of ether oxygens (including phenoxy) is 1. The highest BCUT2D eigenvalue weighted by atomic mass is 16.5. The second-order valence-electron chi connectivity index (χ2n) is 5.59. The topological polar surface area (TPSA) is 104 Å². The van der Waals surface area contributed by atoms with E-state index in [2.05, 4.69) is 42.8 Å². The second kappa shape index (κ2) is 10.5. The number of guanidine groups is 1. The summed E-state index contributed by atoms with van der Waals surface area (Å²) in [5.74, 6) is 2.62. The molecule has 0 saturated carbocycles. The van der Waals surface area contributed by atoms with Crippen LogP contribution in [0.1, 0.15) is 12.2 Å². The number of aliphatic imine (C=N–C) groups is 1. The lowest BCUT2D eigenvalue weighted by atomic mass is 10.4. The Morgan fingerprint density at radius 1 is 1.40 bits per heavy atom. The molecular formula is C16H27N7O2. The molecule has 0 fully saturated rings. The Balaban J connectivity index is 1.68. The van der Waals surface area contributed by atoms with Crippen molar-refractivity contribution in [2.45, 2.75) is 13.0 Å². The first-order valence-corrected chi connectivity index (χ1v) is 8.30. The van der Waals surface area contributed by atoms with Crippen LogP contribution in [0.2, 0.25) is 0 Å². The first-order chi connectivity index (χ1) is 12.2. The van der Waals surface area contributed by atoms with E-state index in [1.807, 2.05) is 12.1 Å². The van der Waals surface area contributed by atoms with Gasteiger partial charge in [-0.25, -0.2) is 4.98 Å². The predicted molar refractivity (Wildman–Crippen MR) is 96.3 cm³/mol. The summed E-state index contributed by atoms with van der Waals surface area (Å²) >= 11 is 0. The number of methoxy groups -OCH3 is 1. The van der Waals surface area contributed by atoms with Crippen LogP contribution in [0.5, 0.6) is 0 Å². The lowest BCUT2D eigenvalue weighted by molar-refractivity contribution is 0.180. The lowest BCUT2D eigenvalue weighted by Crippen LogP contribution is -2.41. The van der Waals surface area contributed by atoms with Crippen LogP contribution in [-0.2, 0) is 11.3 Å². The number of furan rings is 1. The molecule has 138 valence electrons. The van der Waals surface area contributed by atoms with Crippen LogP contribution < -0.4 is 10.6 Å². The Bertz CT molecular complexity index is 624. The van der Waals surface area contributed by atoms with Crippen molar-refractivity contribution in [3.8, 4) is 11.6 Å². The average molecular weight is 349 g/mol. The standard InChI is InChI=1S/C16H27N7O2/c1-17-16(18-7-9-23(2)8-5-10-24-3)19-12-14-20-15(22-21-14)13-6-4-11-25-13/h4,6,11H,5,7-10,12H2,1-3H3,(H2,17,18,19)(H,20,21,22). The van der Waals surface area contributed by atoms with E-state index in [1.165, 1.54) is 0 Å². The van der Waals surface area contributed by atoms with Crippen LogP contribution in [0.4, 0.5) is 0 Å². The maximum Gasteiger partial charge on any atom is 0.216 e. The van der Waals surface area contributed by atoms with Crippen LogP contribution in [0.3, 0.4) is 0 Å². The minimum absolute atomic E-state index is 0.497. The predicted octanol–water partition coefficient (Wildman–Crippen LogP) is 0.698. The number of aromatic amines is 1. The van der Waals surface area contributed by atoms with Crippen LogP contribution in [-0.4, -0.2) is 73.5 Å². The first-order valence-electron chi connectivity index (χ1n) is 8.30. The molecule has 9 heteroatoms. The van der Waals surface area contributed by atoms with Gasteiger partial charge in [0.2, 0.25) is 5.82 Å². The fourth-order valence-corrected chi connectivity index (χ4v) is 2.23. The first kappa shape index (κ1) is 18.9. The highest BCUT2D eigenvalue weighted by Crippen LogP contribution is 2.14. The normalized spacial score (nSPS) is 11.9. The van der Waals surface area contributed by atoms with Crippen molar-refractivity contribution < 1.29 is 9.15 Å². The highest BCUT2D eigenvalue weighted by molar-refractivity contribution is 5.79. The van der Waals surface area contributed by atoms with Crippen LogP contribution in [0.15, 0.2) is 27.8 Å². The van der Waals surface area contributed by atoms with E-state index in [4.69, 9.17) is 9.15 Å². The van der Waals surface area contributed by atoms with Crippen molar-refractivity contribution in [2.75, 3.05) is 47.4 Å². The molecular weight excluding hydrogens is 322 g/mol. The van der Waals surface area contributed by atoms with Gasteiger partial charge in [-0.3, -0.25) is 10.1 Å². The molecule has 2 rings (SSSR count). The largest absolute Gasteiger partial charge is 0.461 e. The fourth-order valence-electron chi connectivity index (χ4n) is 2.23. The summed E-state index contributed by atoms with van der Waals surface area (Å²) in [6.07, 6.45) is 2.63. The number of aromatic nitrogens is 3. The van der Waals surface area contributed by atoms with Crippen LogP contribution >= 0.6 is 0 Å². The second-order valence-corrected chi connectivity index (χ2v) is 5.59. The maximum atomic E-state index is 5.28. The van der Waals surface area contributed by atoms with Crippen molar-refractivity contribution in [3.63, 3.8) is 0 Å². The van der Waals surface area contributed by atoms with Crippen molar-refractivity contribution in [1.82, 2.24) is 30.7 Å². The van der Waals surface area contributed by atoms with Gasteiger partial charge in [-0.05, 0) is 25.6 Å². The van der Waals surface area contributed by atoms with Crippen molar-refractivity contribution in [2.24, 2.45) is 4.99 Å². The minimum atomic E-state index is 0.497. The number of rotatable bonds is 10. The third-order valence-corrected chi connectivity index (χ3v) is 3.59. The number of H-pyrrole nitrogens is 1. The van der Waals surface area contributed by atoms with Gasteiger partial charge < -0.3 is 24.7 Å². The van der Waals surface area contributed by atoms with Crippen molar-refractivity contribution in [1.29, 1.82) is 0 Å². The van der Waals surface area contributed by atoms with Crippen LogP contribution in [0.25, 0.3) is 11.6 Å². The minimum Gasteiger partial charge on any atom is -0.461 e. The van der Waals surface area contributed by atoms with Gasteiger partial charge in [-0.2, -0.15) is 0 Å². The zero-order valence-electron chi connectivity index (χ0n) is 15.1. The average Bonchev–Trinajstić information content (AvgIpc) is 3.29. The van der Waals surface area contributed by atoms with Gasteiger partial charge in [0.05, 0.1) is 12.8 Å². The summed E-state index contributed by atoms with van der Waals surface area (Å²) in [5.41, 5.74) is 0. The summed E-state index contributed by atoms with van der Waals surface area (Å²) in [6, 6.07) is 3.63. The molecule has 2 heterocycles. The molecule has 0 saturated heterocycles. The molecule has 0 amide bonds. The monoisotopic (exact) mass is 349 g/mol. The van der Waals surface area contributed by atoms with Gasteiger partial charge >= 0.3 is 0 Å². The van der Waals surface area contributed by atoms with Gasteiger partial charge in [-0.15, -0.1) is 5.10 Å². The molecule has 0 bridgehead atoms. The molecule has 0 spiro atoms. The number of hydrogen-bond donors (Lipinski definition) is 3. The lowest BCUT2D eigenvalue weighted by Gasteiger charge is -2.17. The Morgan fingerprint density at radius 3 is 3.00 bits per heavy atom. The SMILES string of the molecule is CN=C(NCCN(C)CCCOC)NCc1nc(-c2ccco2)n[nH]1. The number of nitrogens with zero attached hydrogens (tertiary/aromatic N) is 4. The molecule has 0 unspecified atom stereocenters. The molecule has 3 N–H and O–H groups in total. The molecule has 0 aromatic carbocycles. The summed E-state index contributed by atoms with van der Waals surface area (Å²) in [7, 11) is 5.56. The zero-order valence-corrected chi connectivity index (χ0v) is 15.1. The summed E-state index contributed by atoms with van der Waals surface area (Å²) in [6.45, 7) is 4.02. The fraction of sp³-hybridized carbons (Fsp3) is 0.562. The number of likely N-dealkylation sites (N-methyl/N-ethyl adjacent to an activating group) is 1. The van der Waals surface area contributed by atoms with Gasteiger partial charge in [0, 0.05) is 40.4 Å². The molecule has 9 nitrogen and oxygen atoms in total. The number of hydrogen-bond acceptors (Lipinski definition) is 6. The maximum absolute atomic E-state index is 5.28. The molecule has 0 radical (unpaired) electrons. The third kappa shape index (κ3) is 6.55. The Labute approximate surface area is 147 Å². The van der Waals surface area contributed by atoms with Gasteiger partial charge in [0.15, 0.2) is 11.7 Å². The molecule has 0 aliphatic heterocycles. The van der Waals surface area contributed by atoms with Crippen molar-refractivity contribution >= 4 is 5.96 Å². The van der Waals surface area contributed by atoms with E-state index in [1.54, 1.807) is 20.4 Å². The highest BCUT2D eigenvalue weighted by Gasteiger charge is 2.08. The smallest absolute Gasteiger partial charge is 0.216 e. The van der Waals surface area contributed by atoms with E-state index in [9.17, 15) is 0 Å².